The van der Waals surface area contributed by atoms with E-state index in [9.17, 15) is 4.39 Å². The molecule has 4 heteroatoms. The van der Waals surface area contributed by atoms with E-state index in [0.717, 1.165) is 0 Å². The highest BCUT2D eigenvalue weighted by atomic mass is 35.5. The maximum Gasteiger partial charge on any atom is 0.145 e. The lowest BCUT2D eigenvalue weighted by Crippen LogP contribution is -1.87. The molecule has 0 saturated carbocycles. The molecule has 0 aliphatic rings. The minimum atomic E-state index is -0.384. The molecule has 12 heavy (non-hydrogen) atoms. The fourth-order valence-electron chi connectivity index (χ4n) is 0.884. The summed E-state index contributed by atoms with van der Waals surface area (Å²) in [4.78, 5) is 0.599. The van der Waals surface area contributed by atoms with E-state index in [2.05, 4.69) is 0 Å². The highest BCUT2D eigenvalue weighted by Gasteiger charge is 2.12. The van der Waals surface area contributed by atoms with Crippen LogP contribution < -0.4 is 0 Å². The van der Waals surface area contributed by atoms with Crippen LogP contribution in [-0.4, -0.2) is 6.26 Å². The highest BCUT2D eigenvalue weighted by molar-refractivity contribution is 7.98. The third kappa shape index (κ3) is 1.70. The highest BCUT2D eigenvalue weighted by Crippen LogP contribution is 2.35. The van der Waals surface area contributed by atoms with Crippen LogP contribution in [0.5, 0.6) is 0 Å². The van der Waals surface area contributed by atoms with Gasteiger partial charge in [0.1, 0.15) is 5.82 Å². The number of hydrogen-bond donors (Lipinski definition) is 0. The molecule has 0 unspecified atom stereocenters. The predicted octanol–water partition coefficient (Wildman–Crippen LogP) is 4.16. The molecular formula is C8H7Cl2FS. The van der Waals surface area contributed by atoms with E-state index in [0.29, 0.717) is 15.5 Å². The van der Waals surface area contributed by atoms with Crippen LogP contribution in [0.1, 0.15) is 5.56 Å². The number of hydrogen-bond acceptors (Lipinski definition) is 1. The van der Waals surface area contributed by atoms with Crippen molar-refractivity contribution in [3.05, 3.63) is 27.5 Å². The Kier molecular flexibility index (Phi) is 3.27. The Hall–Kier alpha value is 0.0800. The van der Waals surface area contributed by atoms with Crippen molar-refractivity contribution in [3.63, 3.8) is 0 Å². The normalized spacial score (nSPS) is 10.4. The number of aryl methyl sites for hydroxylation is 1. The van der Waals surface area contributed by atoms with Crippen LogP contribution >= 0.6 is 35.0 Å². The van der Waals surface area contributed by atoms with Crippen molar-refractivity contribution in [1.82, 2.24) is 0 Å². The topological polar surface area (TPSA) is 0 Å². The lowest BCUT2D eigenvalue weighted by molar-refractivity contribution is 0.615. The van der Waals surface area contributed by atoms with Gasteiger partial charge in [-0.15, -0.1) is 11.8 Å². The minimum absolute atomic E-state index is 0.118. The molecule has 0 amide bonds. The molecule has 0 fully saturated rings. The van der Waals surface area contributed by atoms with Crippen LogP contribution in [0.25, 0.3) is 0 Å². The van der Waals surface area contributed by atoms with Crippen LogP contribution in [0.3, 0.4) is 0 Å². The summed E-state index contributed by atoms with van der Waals surface area (Å²) < 4.78 is 13.2. The Labute approximate surface area is 85.1 Å². The van der Waals surface area contributed by atoms with Gasteiger partial charge in [0.2, 0.25) is 0 Å². The maximum absolute atomic E-state index is 13.2. The predicted molar refractivity (Wildman–Crippen MR) is 52.9 cm³/mol. The molecule has 0 atom stereocenters. The van der Waals surface area contributed by atoms with Gasteiger partial charge in [0.15, 0.2) is 0 Å². The summed E-state index contributed by atoms with van der Waals surface area (Å²) in [6, 6.07) is 1.58. The molecule has 66 valence electrons. The van der Waals surface area contributed by atoms with Gasteiger partial charge in [-0.1, -0.05) is 23.2 Å². The molecule has 0 bridgehead atoms. The first-order chi connectivity index (χ1) is 5.57. The largest absolute Gasteiger partial charge is 0.205 e. The van der Waals surface area contributed by atoms with Crippen molar-refractivity contribution in [2.45, 2.75) is 11.8 Å². The number of thioether (sulfide) groups is 1. The zero-order chi connectivity index (χ0) is 9.30. The molecule has 0 saturated heterocycles. The summed E-state index contributed by atoms with van der Waals surface area (Å²) >= 11 is 12.9. The molecule has 0 aliphatic heterocycles. The first-order valence-corrected chi connectivity index (χ1v) is 5.24. The Balaban J connectivity index is 3.40. The van der Waals surface area contributed by atoms with Gasteiger partial charge in [-0.3, -0.25) is 0 Å². The number of rotatable bonds is 1. The lowest BCUT2D eigenvalue weighted by atomic mass is 10.2. The quantitative estimate of drug-likeness (QED) is 0.510. The average Bonchev–Trinajstić information content (AvgIpc) is 2.01. The van der Waals surface area contributed by atoms with Gasteiger partial charge in [0, 0.05) is 4.90 Å². The van der Waals surface area contributed by atoms with Gasteiger partial charge in [-0.2, -0.15) is 0 Å². The van der Waals surface area contributed by atoms with Gasteiger partial charge < -0.3 is 0 Å². The molecular weight excluding hydrogens is 218 g/mol. The third-order valence-corrected chi connectivity index (χ3v) is 3.21. The molecule has 0 radical (unpaired) electrons. The number of halogens is 3. The molecule has 0 aromatic heterocycles. The Morgan fingerprint density at radius 1 is 1.42 bits per heavy atom. The maximum atomic E-state index is 13.2. The lowest BCUT2D eigenvalue weighted by Gasteiger charge is -2.06. The second-order valence-corrected chi connectivity index (χ2v) is 3.94. The van der Waals surface area contributed by atoms with Crippen LogP contribution in [-0.2, 0) is 0 Å². The van der Waals surface area contributed by atoms with Crippen LogP contribution in [0.4, 0.5) is 4.39 Å². The van der Waals surface area contributed by atoms with Crippen molar-refractivity contribution in [2.24, 2.45) is 0 Å². The SMILES string of the molecule is CSc1c(Cl)cc(C)c(F)c1Cl. The van der Waals surface area contributed by atoms with Crippen molar-refractivity contribution in [2.75, 3.05) is 6.26 Å². The van der Waals surface area contributed by atoms with Crippen molar-refractivity contribution in [1.29, 1.82) is 0 Å². The van der Waals surface area contributed by atoms with Crippen molar-refractivity contribution < 1.29 is 4.39 Å². The van der Waals surface area contributed by atoms with Crippen molar-refractivity contribution in [3.8, 4) is 0 Å². The molecule has 0 nitrogen and oxygen atoms in total. The summed E-state index contributed by atoms with van der Waals surface area (Å²) in [5, 5.41) is 0.624. The van der Waals surface area contributed by atoms with E-state index in [1.54, 1.807) is 13.0 Å². The number of benzene rings is 1. The average molecular weight is 225 g/mol. The standard InChI is InChI=1S/C8H7Cl2FS/c1-4-3-5(9)8(12-2)6(10)7(4)11/h3H,1-2H3. The van der Waals surface area contributed by atoms with Gasteiger partial charge in [0.25, 0.3) is 0 Å². The molecule has 0 N–H and O–H groups in total. The second-order valence-electron chi connectivity index (χ2n) is 2.34. The third-order valence-electron chi connectivity index (χ3n) is 1.50. The molecule has 1 rings (SSSR count). The van der Waals surface area contributed by atoms with E-state index in [1.165, 1.54) is 11.8 Å². The van der Waals surface area contributed by atoms with E-state index in [1.807, 2.05) is 6.26 Å². The molecule has 1 aromatic rings. The zero-order valence-corrected chi connectivity index (χ0v) is 8.95. The van der Waals surface area contributed by atoms with Crippen molar-refractivity contribution >= 4 is 35.0 Å². The van der Waals surface area contributed by atoms with Crippen LogP contribution in [0, 0.1) is 12.7 Å². The van der Waals surface area contributed by atoms with Gasteiger partial charge in [0.05, 0.1) is 10.0 Å². The summed E-state index contributed by atoms with van der Waals surface area (Å²) in [6.07, 6.45) is 1.81. The molecule has 0 heterocycles. The van der Waals surface area contributed by atoms with E-state index in [4.69, 9.17) is 23.2 Å². The van der Waals surface area contributed by atoms with Gasteiger partial charge in [-0.25, -0.2) is 4.39 Å². The monoisotopic (exact) mass is 224 g/mol. The molecule has 0 aliphatic carbocycles. The summed E-state index contributed by atoms with van der Waals surface area (Å²) in [5.41, 5.74) is 0.475. The minimum Gasteiger partial charge on any atom is -0.205 e. The Morgan fingerprint density at radius 2 is 2.00 bits per heavy atom. The first-order valence-electron chi connectivity index (χ1n) is 3.26. The van der Waals surface area contributed by atoms with E-state index >= 15 is 0 Å². The summed E-state index contributed by atoms with van der Waals surface area (Å²) in [5.74, 6) is -0.384. The molecule has 1 aromatic carbocycles. The Bertz CT molecular complexity index is 312. The van der Waals surface area contributed by atoms with Gasteiger partial charge >= 0.3 is 0 Å². The molecule has 0 spiro atoms. The fourth-order valence-corrected chi connectivity index (χ4v) is 2.43. The second kappa shape index (κ2) is 3.86. The summed E-state index contributed by atoms with van der Waals surface area (Å²) in [7, 11) is 0. The van der Waals surface area contributed by atoms with E-state index < -0.39 is 0 Å². The van der Waals surface area contributed by atoms with Crippen LogP contribution in [0.2, 0.25) is 10.0 Å². The summed E-state index contributed by atoms with van der Waals surface area (Å²) in [6.45, 7) is 1.64. The zero-order valence-electron chi connectivity index (χ0n) is 6.62. The van der Waals surface area contributed by atoms with E-state index in [-0.39, 0.29) is 10.8 Å². The Morgan fingerprint density at radius 3 is 2.50 bits per heavy atom. The van der Waals surface area contributed by atoms with Crippen LogP contribution in [0.15, 0.2) is 11.0 Å². The first kappa shape index (κ1) is 10.2. The fraction of sp³-hybridized carbons (Fsp3) is 0.250. The van der Waals surface area contributed by atoms with Gasteiger partial charge in [-0.05, 0) is 24.8 Å². The smallest absolute Gasteiger partial charge is 0.145 e.